The number of aryl methyl sites for hydroxylation is 1. The number of nitrogens with two attached hydrogens (primary N) is 1. The number of carbonyl (C=O) groups excluding carboxylic acids is 2. The van der Waals surface area contributed by atoms with Crippen LogP contribution in [0.15, 0.2) is 42.7 Å². The average Bonchev–Trinajstić information content (AvgIpc) is 3.16. The Labute approximate surface area is 175 Å². The maximum absolute atomic E-state index is 13.1. The van der Waals surface area contributed by atoms with Gasteiger partial charge in [-0.2, -0.15) is 0 Å². The number of fused-ring (bicyclic) bond motifs is 1. The average molecular weight is 406 g/mol. The summed E-state index contributed by atoms with van der Waals surface area (Å²) in [6.07, 6.45) is 5.40. The molecule has 4 rings (SSSR count). The summed E-state index contributed by atoms with van der Waals surface area (Å²) in [5.74, 6) is 0.385. The van der Waals surface area contributed by atoms with Gasteiger partial charge in [0.15, 0.2) is 0 Å². The number of primary amides is 1. The number of carbonyl (C=O) groups is 2. The van der Waals surface area contributed by atoms with Gasteiger partial charge in [0.05, 0.1) is 22.7 Å². The molecule has 1 aliphatic heterocycles. The Morgan fingerprint density at radius 2 is 2.10 bits per heavy atom. The van der Waals surface area contributed by atoms with Crippen LogP contribution in [0.1, 0.15) is 47.6 Å². The molecule has 3 heterocycles. The smallest absolute Gasteiger partial charge is 0.250 e. The third-order valence-electron chi connectivity index (χ3n) is 5.95. The summed E-state index contributed by atoms with van der Waals surface area (Å²) in [6.45, 7) is 5.77. The van der Waals surface area contributed by atoms with E-state index in [1.807, 2.05) is 59.8 Å². The first-order valence-corrected chi connectivity index (χ1v) is 10.4. The number of likely N-dealkylation sites (tertiary alicyclic amines) is 1. The monoisotopic (exact) mass is 405 g/mol. The van der Waals surface area contributed by atoms with E-state index in [-0.39, 0.29) is 17.7 Å². The molecule has 3 aromatic rings. The highest BCUT2D eigenvalue weighted by atomic mass is 16.2. The molecule has 0 bridgehead atoms. The summed E-state index contributed by atoms with van der Waals surface area (Å²) < 4.78 is 2.00. The van der Waals surface area contributed by atoms with Crippen LogP contribution < -0.4 is 5.73 Å². The van der Waals surface area contributed by atoms with Gasteiger partial charge >= 0.3 is 0 Å². The number of hydrogen-bond donors (Lipinski definition) is 1. The topological polar surface area (TPSA) is 94.1 Å². The van der Waals surface area contributed by atoms with Crippen molar-refractivity contribution in [2.24, 2.45) is 11.7 Å². The molecule has 2 N–H and O–H groups in total. The number of nitrogens with zero attached hydrogens (tertiary/aromatic N) is 4. The van der Waals surface area contributed by atoms with Crippen LogP contribution in [0.2, 0.25) is 0 Å². The van der Waals surface area contributed by atoms with Crippen LogP contribution in [0.3, 0.4) is 0 Å². The van der Waals surface area contributed by atoms with Gasteiger partial charge in [-0.15, -0.1) is 0 Å². The molecule has 156 valence electrons. The molecule has 2 aromatic heterocycles. The minimum atomic E-state index is -0.476. The molecule has 7 nitrogen and oxygen atoms in total. The number of hydrogen-bond acceptors (Lipinski definition) is 4. The van der Waals surface area contributed by atoms with Crippen molar-refractivity contribution in [2.45, 2.75) is 39.2 Å². The largest absolute Gasteiger partial charge is 0.366 e. The second kappa shape index (κ2) is 8.26. The first-order chi connectivity index (χ1) is 14.4. The SMILES string of the molecule is Cc1nccn1CC(C)C(=O)N1CCCC(c2nc3ccccc3cc2C(N)=O)C1. The lowest BCUT2D eigenvalue weighted by Crippen LogP contribution is -2.43. The zero-order chi connectivity index (χ0) is 21.3. The molecule has 7 heteroatoms. The van der Waals surface area contributed by atoms with Gasteiger partial charge in [-0.1, -0.05) is 25.1 Å². The van der Waals surface area contributed by atoms with Crippen molar-refractivity contribution in [3.63, 3.8) is 0 Å². The van der Waals surface area contributed by atoms with Crippen molar-refractivity contribution in [3.05, 3.63) is 59.8 Å². The van der Waals surface area contributed by atoms with E-state index < -0.39 is 5.91 Å². The molecule has 30 heavy (non-hydrogen) atoms. The lowest BCUT2D eigenvalue weighted by molar-refractivity contribution is -0.136. The van der Waals surface area contributed by atoms with Gasteiger partial charge in [-0.3, -0.25) is 14.6 Å². The van der Waals surface area contributed by atoms with Gasteiger partial charge in [0.1, 0.15) is 5.82 Å². The van der Waals surface area contributed by atoms with E-state index in [4.69, 9.17) is 10.7 Å². The molecule has 0 saturated carbocycles. The zero-order valence-electron chi connectivity index (χ0n) is 17.4. The number of amides is 2. The minimum Gasteiger partial charge on any atom is -0.366 e. The van der Waals surface area contributed by atoms with Gasteiger partial charge in [-0.05, 0) is 31.9 Å². The van der Waals surface area contributed by atoms with Crippen LogP contribution in [-0.4, -0.2) is 44.3 Å². The number of pyridine rings is 1. The highest BCUT2D eigenvalue weighted by Gasteiger charge is 2.30. The van der Waals surface area contributed by atoms with Crippen LogP contribution in [-0.2, 0) is 11.3 Å². The maximum Gasteiger partial charge on any atom is 0.250 e. The van der Waals surface area contributed by atoms with Gasteiger partial charge in [0.25, 0.3) is 5.91 Å². The Balaban J connectivity index is 1.56. The summed E-state index contributed by atoms with van der Waals surface area (Å²) in [6, 6.07) is 9.53. The fourth-order valence-corrected chi connectivity index (χ4v) is 4.32. The molecular weight excluding hydrogens is 378 g/mol. The lowest BCUT2D eigenvalue weighted by atomic mass is 9.90. The fraction of sp³-hybridized carbons (Fsp3) is 0.391. The molecule has 2 unspecified atom stereocenters. The van der Waals surface area contributed by atoms with E-state index in [1.165, 1.54) is 0 Å². The molecule has 1 aromatic carbocycles. The van der Waals surface area contributed by atoms with Crippen LogP contribution >= 0.6 is 0 Å². The minimum absolute atomic E-state index is 0.00279. The van der Waals surface area contributed by atoms with Crippen LogP contribution in [0.5, 0.6) is 0 Å². The maximum atomic E-state index is 13.1. The number of benzene rings is 1. The van der Waals surface area contributed by atoms with Crippen molar-refractivity contribution in [1.29, 1.82) is 0 Å². The Morgan fingerprint density at radius 1 is 1.30 bits per heavy atom. The van der Waals surface area contributed by atoms with Crippen molar-refractivity contribution in [3.8, 4) is 0 Å². The predicted octanol–water partition coefficient (Wildman–Crippen LogP) is 2.88. The summed E-state index contributed by atoms with van der Waals surface area (Å²) in [5.41, 5.74) is 7.67. The van der Waals surface area contributed by atoms with Gasteiger partial charge in [-0.25, -0.2) is 4.98 Å². The quantitative estimate of drug-likeness (QED) is 0.706. The Kier molecular flexibility index (Phi) is 5.53. The summed E-state index contributed by atoms with van der Waals surface area (Å²) >= 11 is 0. The third-order valence-corrected chi connectivity index (χ3v) is 5.95. The molecule has 2 amide bonds. The van der Waals surface area contributed by atoms with Crippen molar-refractivity contribution < 1.29 is 9.59 Å². The molecule has 1 saturated heterocycles. The van der Waals surface area contributed by atoms with Gasteiger partial charge in [0, 0.05) is 43.3 Å². The van der Waals surface area contributed by atoms with Gasteiger partial charge in [0.2, 0.25) is 5.91 Å². The molecule has 0 radical (unpaired) electrons. The van der Waals surface area contributed by atoms with Crippen LogP contribution in [0.25, 0.3) is 10.9 Å². The van der Waals surface area contributed by atoms with E-state index in [9.17, 15) is 9.59 Å². The lowest BCUT2D eigenvalue weighted by Gasteiger charge is -2.34. The normalized spacial score (nSPS) is 17.8. The van der Waals surface area contributed by atoms with E-state index in [0.717, 1.165) is 36.1 Å². The molecule has 0 spiro atoms. The first-order valence-electron chi connectivity index (χ1n) is 10.4. The fourth-order valence-electron chi connectivity index (χ4n) is 4.32. The molecule has 1 fully saturated rings. The standard InChI is InChI=1S/C23H27N5O2/c1-15(13-27-11-9-25-16(27)2)23(30)28-10-5-7-18(14-28)21-19(22(24)29)12-17-6-3-4-8-20(17)26-21/h3-4,6,8-9,11-12,15,18H,5,7,10,13-14H2,1-2H3,(H2,24,29). The number of aromatic nitrogens is 3. The van der Waals surface area contributed by atoms with E-state index in [2.05, 4.69) is 4.98 Å². The number of imidazole rings is 1. The van der Waals surface area contributed by atoms with E-state index in [1.54, 1.807) is 6.20 Å². The molecule has 1 aliphatic rings. The molecule has 2 atom stereocenters. The first kappa shape index (κ1) is 20.1. The summed E-state index contributed by atoms with van der Waals surface area (Å²) in [7, 11) is 0. The van der Waals surface area contributed by atoms with Gasteiger partial charge < -0.3 is 15.2 Å². The Bertz CT molecular complexity index is 1090. The van der Waals surface area contributed by atoms with Crippen LogP contribution in [0.4, 0.5) is 0 Å². The number of rotatable bonds is 5. The molecule has 0 aliphatic carbocycles. The van der Waals surface area contributed by atoms with Crippen molar-refractivity contribution in [2.75, 3.05) is 13.1 Å². The highest BCUT2D eigenvalue weighted by molar-refractivity contribution is 5.97. The second-order valence-corrected chi connectivity index (χ2v) is 8.13. The Morgan fingerprint density at radius 3 is 2.83 bits per heavy atom. The van der Waals surface area contributed by atoms with E-state index >= 15 is 0 Å². The van der Waals surface area contributed by atoms with E-state index in [0.29, 0.717) is 24.3 Å². The number of para-hydroxylation sites is 1. The summed E-state index contributed by atoms with van der Waals surface area (Å²) in [4.78, 5) is 36.2. The summed E-state index contributed by atoms with van der Waals surface area (Å²) in [5, 5.41) is 0.892. The Hall–Kier alpha value is -3.22. The third kappa shape index (κ3) is 3.92. The molecular formula is C23H27N5O2. The van der Waals surface area contributed by atoms with Crippen molar-refractivity contribution in [1.82, 2.24) is 19.4 Å². The second-order valence-electron chi connectivity index (χ2n) is 8.13. The highest BCUT2D eigenvalue weighted by Crippen LogP contribution is 2.30. The van der Waals surface area contributed by atoms with Crippen molar-refractivity contribution >= 4 is 22.7 Å². The number of piperidine rings is 1. The predicted molar refractivity (Wildman–Crippen MR) is 115 cm³/mol. The zero-order valence-corrected chi connectivity index (χ0v) is 17.4. The van der Waals surface area contributed by atoms with Crippen LogP contribution in [0, 0.1) is 12.8 Å².